The summed E-state index contributed by atoms with van der Waals surface area (Å²) in [4.78, 5) is 24.5. The Balaban J connectivity index is 1.88. The number of urea groups is 1. The number of carbonyl (C=O) groups is 2. The van der Waals surface area contributed by atoms with Crippen molar-refractivity contribution in [2.45, 2.75) is 33.1 Å². The van der Waals surface area contributed by atoms with E-state index in [4.69, 9.17) is 5.11 Å². The van der Waals surface area contributed by atoms with Crippen molar-refractivity contribution in [2.24, 2.45) is 5.92 Å². The third-order valence-electron chi connectivity index (χ3n) is 3.73. The topological polar surface area (TPSA) is 98.3 Å². The number of carboxylic acid groups (broad SMARTS) is 1. The fourth-order valence-corrected chi connectivity index (χ4v) is 2.51. The summed E-state index contributed by atoms with van der Waals surface area (Å²) in [5.41, 5.74) is 2.32. The number of aromatic amines is 1. The molecule has 1 aromatic heterocycles. The van der Waals surface area contributed by atoms with Crippen LogP contribution in [0, 0.1) is 19.8 Å². The van der Waals surface area contributed by atoms with Gasteiger partial charge in [-0.3, -0.25) is 9.89 Å². The summed E-state index contributed by atoms with van der Waals surface area (Å²) in [6, 6.07) is -0.147. The predicted molar refractivity (Wildman–Crippen MR) is 73.6 cm³/mol. The summed E-state index contributed by atoms with van der Waals surface area (Å²) in [6.45, 7) is 4.88. The first-order valence-electron chi connectivity index (χ1n) is 6.76. The average Bonchev–Trinajstić information content (AvgIpc) is 2.70. The third kappa shape index (κ3) is 3.28. The minimum Gasteiger partial charge on any atom is -0.481 e. The molecule has 1 aliphatic rings. The monoisotopic (exact) mass is 280 g/mol. The van der Waals surface area contributed by atoms with Crippen molar-refractivity contribution in [3.63, 3.8) is 0 Å². The van der Waals surface area contributed by atoms with Crippen molar-refractivity contribution >= 4 is 17.7 Å². The number of likely N-dealkylation sites (tertiary alicyclic amines) is 1. The van der Waals surface area contributed by atoms with E-state index in [0.717, 1.165) is 29.9 Å². The van der Waals surface area contributed by atoms with E-state index in [1.807, 2.05) is 13.8 Å². The number of hydrogen-bond acceptors (Lipinski definition) is 3. The highest BCUT2D eigenvalue weighted by Crippen LogP contribution is 2.22. The van der Waals surface area contributed by atoms with Crippen LogP contribution < -0.4 is 5.32 Å². The van der Waals surface area contributed by atoms with Gasteiger partial charge in [0.2, 0.25) is 0 Å². The molecule has 2 rings (SSSR count). The van der Waals surface area contributed by atoms with Gasteiger partial charge in [0.15, 0.2) is 0 Å². The van der Waals surface area contributed by atoms with Gasteiger partial charge in [-0.1, -0.05) is 0 Å². The lowest BCUT2D eigenvalue weighted by molar-refractivity contribution is -0.138. The molecule has 20 heavy (non-hydrogen) atoms. The lowest BCUT2D eigenvalue weighted by Crippen LogP contribution is -2.41. The number of piperidine rings is 1. The first-order valence-corrected chi connectivity index (χ1v) is 6.76. The molecule has 1 fully saturated rings. The fraction of sp³-hybridized carbons (Fsp3) is 0.615. The summed E-state index contributed by atoms with van der Waals surface area (Å²) in [5.74, 6) is -0.591. The van der Waals surface area contributed by atoms with Gasteiger partial charge in [-0.15, -0.1) is 0 Å². The van der Waals surface area contributed by atoms with Crippen LogP contribution in [0.2, 0.25) is 0 Å². The van der Waals surface area contributed by atoms with Crippen molar-refractivity contribution < 1.29 is 14.7 Å². The quantitative estimate of drug-likeness (QED) is 0.785. The first-order chi connectivity index (χ1) is 9.47. The van der Waals surface area contributed by atoms with Crippen LogP contribution in [0.15, 0.2) is 0 Å². The Morgan fingerprint density at radius 1 is 1.40 bits per heavy atom. The van der Waals surface area contributed by atoms with Crippen LogP contribution in [-0.2, 0) is 4.79 Å². The second kappa shape index (κ2) is 5.94. The molecule has 1 aromatic rings. The van der Waals surface area contributed by atoms with Gasteiger partial charge in [0.25, 0.3) is 0 Å². The van der Waals surface area contributed by atoms with Gasteiger partial charge in [0.1, 0.15) is 0 Å². The second-order valence-electron chi connectivity index (χ2n) is 5.27. The van der Waals surface area contributed by atoms with Crippen molar-refractivity contribution in [1.29, 1.82) is 0 Å². The molecule has 0 radical (unpaired) electrons. The highest BCUT2D eigenvalue weighted by molar-refractivity contribution is 5.90. The number of hydrogen-bond donors (Lipinski definition) is 3. The molecule has 0 bridgehead atoms. The molecule has 7 heteroatoms. The molecule has 2 amide bonds. The number of nitrogens with zero attached hydrogens (tertiary/aromatic N) is 2. The molecule has 0 atom stereocenters. The zero-order valence-electron chi connectivity index (χ0n) is 11.8. The maximum absolute atomic E-state index is 12.2. The van der Waals surface area contributed by atoms with Crippen LogP contribution in [0.1, 0.15) is 30.7 Å². The number of aliphatic carboxylic acids is 1. The van der Waals surface area contributed by atoms with E-state index < -0.39 is 5.97 Å². The van der Waals surface area contributed by atoms with Gasteiger partial charge >= 0.3 is 12.0 Å². The maximum atomic E-state index is 12.2. The number of amides is 2. The molecule has 1 aliphatic heterocycles. The SMILES string of the molecule is Cc1n[nH]c(C)c1NC(=O)N1CCC(CC(=O)O)CC1. The minimum absolute atomic E-state index is 0.147. The summed E-state index contributed by atoms with van der Waals surface area (Å²) in [6.07, 6.45) is 1.67. The Bertz CT molecular complexity index is 484. The number of carbonyl (C=O) groups excluding carboxylic acids is 1. The fourth-order valence-electron chi connectivity index (χ4n) is 2.51. The van der Waals surface area contributed by atoms with E-state index in [-0.39, 0.29) is 18.4 Å². The van der Waals surface area contributed by atoms with E-state index in [1.54, 1.807) is 4.90 Å². The van der Waals surface area contributed by atoms with Gasteiger partial charge in [-0.2, -0.15) is 5.10 Å². The van der Waals surface area contributed by atoms with Crippen LogP contribution in [-0.4, -0.2) is 45.3 Å². The molecule has 3 N–H and O–H groups in total. The number of aryl methyl sites for hydroxylation is 2. The summed E-state index contributed by atoms with van der Waals surface area (Å²) in [7, 11) is 0. The van der Waals surface area contributed by atoms with Crippen molar-refractivity contribution in [1.82, 2.24) is 15.1 Å². The molecule has 0 aromatic carbocycles. The molecular formula is C13H20N4O3. The second-order valence-corrected chi connectivity index (χ2v) is 5.27. The Kier molecular flexibility index (Phi) is 4.26. The Morgan fingerprint density at radius 3 is 2.55 bits per heavy atom. The van der Waals surface area contributed by atoms with Crippen LogP contribution in [0.3, 0.4) is 0 Å². The molecule has 0 unspecified atom stereocenters. The van der Waals surface area contributed by atoms with Gasteiger partial charge < -0.3 is 15.3 Å². The number of aromatic nitrogens is 2. The van der Waals surface area contributed by atoms with E-state index in [1.165, 1.54) is 0 Å². The van der Waals surface area contributed by atoms with Gasteiger partial charge in [-0.05, 0) is 32.6 Å². The highest BCUT2D eigenvalue weighted by Gasteiger charge is 2.25. The lowest BCUT2D eigenvalue weighted by Gasteiger charge is -2.31. The molecular weight excluding hydrogens is 260 g/mol. The van der Waals surface area contributed by atoms with E-state index in [9.17, 15) is 9.59 Å². The largest absolute Gasteiger partial charge is 0.481 e. The molecule has 0 saturated carbocycles. The lowest BCUT2D eigenvalue weighted by atomic mass is 9.94. The molecule has 2 heterocycles. The number of H-pyrrole nitrogens is 1. The minimum atomic E-state index is -0.766. The predicted octanol–water partition coefficient (Wildman–Crippen LogP) is 1.75. The average molecular weight is 280 g/mol. The number of carboxylic acids is 1. The van der Waals surface area contributed by atoms with Gasteiger partial charge in [-0.25, -0.2) is 4.79 Å². The molecule has 110 valence electrons. The van der Waals surface area contributed by atoms with E-state index in [2.05, 4.69) is 15.5 Å². The third-order valence-corrected chi connectivity index (χ3v) is 3.73. The Morgan fingerprint density at radius 2 is 2.05 bits per heavy atom. The molecule has 0 spiro atoms. The number of anilines is 1. The Labute approximate surface area is 117 Å². The first kappa shape index (κ1) is 14.4. The number of rotatable bonds is 3. The smallest absolute Gasteiger partial charge is 0.321 e. The molecule has 7 nitrogen and oxygen atoms in total. The summed E-state index contributed by atoms with van der Waals surface area (Å²) in [5, 5.41) is 18.5. The van der Waals surface area contributed by atoms with Crippen LogP contribution in [0.5, 0.6) is 0 Å². The standard InChI is InChI=1S/C13H20N4O3/c1-8-12(9(2)16-15-8)14-13(20)17-5-3-10(4-6-17)7-11(18)19/h10H,3-7H2,1-2H3,(H,14,20)(H,15,16)(H,18,19). The summed E-state index contributed by atoms with van der Waals surface area (Å²) >= 11 is 0. The van der Waals surface area contributed by atoms with Crippen LogP contribution in [0.25, 0.3) is 0 Å². The zero-order chi connectivity index (χ0) is 14.7. The maximum Gasteiger partial charge on any atom is 0.321 e. The normalized spacial score (nSPS) is 16.2. The highest BCUT2D eigenvalue weighted by atomic mass is 16.4. The van der Waals surface area contributed by atoms with Crippen molar-refractivity contribution in [2.75, 3.05) is 18.4 Å². The van der Waals surface area contributed by atoms with Gasteiger partial charge in [0.05, 0.1) is 17.1 Å². The zero-order valence-corrected chi connectivity index (χ0v) is 11.8. The van der Waals surface area contributed by atoms with Crippen molar-refractivity contribution in [3.05, 3.63) is 11.4 Å². The van der Waals surface area contributed by atoms with Crippen LogP contribution >= 0.6 is 0 Å². The Hall–Kier alpha value is -2.05. The number of nitrogens with one attached hydrogen (secondary N) is 2. The summed E-state index contributed by atoms with van der Waals surface area (Å²) < 4.78 is 0. The molecule has 1 saturated heterocycles. The van der Waals surface area contributed by atoms with E-state index >= 15 is 0 Å². The molecule has 0 aliphatic carbocycles. The van der Waals surface area contributed by atoms with Crippen molar-refractivity contribution in [3.8, 4) is 0 Å². The van der Waals surface area contributed by atoms with Gasteiger partial charge in [0, 0.05) is 19.5 Å². The van der Waals surface area contributed by atoms with Crippen LogP contribution in [0.4, 0.5) is 10.5 Å². The van der Waals surface area contributed by atoms with E-state index in [0.29, 0.717) is 13.1 Å².